The first kappa shape index (κ1) is 22.4. The average molecular weight is 500 g/mol. The molecule has 0 saturated carbocycles. The van der Waals surface area contributed by atoms with Crippen LogP contribution in [0.15, 0.2) is 52.2 Å². The number of rotatable bonds is 4. The summed E-state index contributed by atoms with van der Waals surface area (Å²) in [5, 5.41) is 7.81. The van der Waals surface area contributed by atoms with Crippen LogP contribution in [-0.4, -0.2) is 43.0 Å². The largest absolute Gasteiger partial charge is 0.378 e. The molecule has 33 heavy (non-hydrogen) atoms. The van der Waals surface area contributed by atoms with Crippen LogP contribution >= 0.6 is 35.6 Å². The molecule has 2 aromatic heterocycles. The number of nitrogens with one attached hydrogen (secondary N) is 1. The Hall–Kier alpha value is -2.39. The molecule has 5 rings (SSSR count). The number of hydrogen-bond acceptors (Lipinski definition) is 7. The normalized spacial score (nSPS) is 21.2. The van der Waals surface area contributed by atoms with Crippen molar-refractivity contribution in [3.63, 3.8) is 0 Å². The van der Waals surface area contributed by atoms with E-state index >= 15 is 0 Å². The van der Waals surface area contributed by atoms with Gasteiger partial charge in [0.15, 0.2) is 5.78 Å². The Morgan fingerprint density at radius 2 is 1.94 bits per heavy atom. The van der Waals surface area contributed by atoms with Crippen LogP contribution in [0.25, 0.3) is 11.1 Å². The van der Waals surface area contributed by atoms with Gasteiger partial charge in [-0.2, -0.15) is 11.3 Å². The lowest BCUT2D eigenvalue weighted by Crippen LogP contribution is -2.43. The Morgan fingerprint density at radius 3 is 2.64 bits per heavy atom. The number of thiol groups is 1. The number of anilines is 1. The number of pyridine rings is 1. The highest BCUT2D eigenvalue weighted by Gasteiger charge is 2.40. The molecule has 0 radical (unpaired) electrons. The summed E-state index contributed by atoms with van der Waals surface area (Å²) < 4.78 is 5.47. The molecule has 2 unspecified atom stereocenters. The minimum absolute atomic E-state index is 0.153. The lowest BCUT2D eigenvalue weighted by molar-refractivity contribution is -0.134. The number of halogens is 1. The molecule has 3 aromatic rings. The lowest BCUT2D eigenvalue weighted by Gasteiger charge is -2.32. The molecule has 2 aliphatic rings. The van der Waals surface area contributed by atoms with Crippen LogP contribution < -0.4 is 10.2 Å². The van der Waals surface area contributed by atoms with Crippen molar-refractivity contribution in [2.45, 2.75) is 23.4 Å². The molecule has 6 nitrogen and oxygen atoms in total. The molecule has 2 saturated heterocycles. The maximum atomic E-state index is 13.3. The zero-order chi connectivity index (χ0) is 22.9. The Balaban J connectivity index is 1.60. The van der Waals surface area contributed by atoms with E-state index in [1.165, 1.54) is 11.3 Å². The second kappa shape index (κ2) is 9.46. The molecule has 4 heterocycles. The quantitative estimate of drug-likeness (QED) is 0.408. The SMILES string of the molecule is O=C1CC(c2ccsc2)NC(=O)C1c1c(-c2ccccc2Cl)cc(N2CCOCC2)nc1S. The predicted octanol–water partition coefficient (Wildman–Crippen LogP) is 4.50. The average Bonchev–Trinajstić information content (AvgIpc) is 3.35. The van der Waals surface area contributed by atoms with Gasteiger partial charge in [-0.25, -0.2) is 4.98 Å². The van der Waals surface area contributed by atoms with E-state index in [4.69, 9.17) is 16.3 Å². The third kappa shape index (κ3) is 4.40. The van der Waals surface area contributed by atoms with E-state index in [1.54, 1.807) is 6.07 Å². The maximum absolute atomic E-state index is 13.3. The van der Waals surface area contributed by atoms with Gasteiger partial charge in [0.2, 0.25) is 5.91 Å². The minimum Gasteiger partial charge on any atom is -0.378 e. The van der Waals surface area contributed by atoms with Gasteiger partial charge in [-0.1, -0.05) is 29.8 Å². The van der Waals surface area contributed by atoms with Crippen LogP contribution in [0.5, 0.6) is 0 Å². The minimum atomic E-state index is -0.995. The van der Waals surface area contributed by atoms with Crippen LogP contribution in [0.3, 0.4) is 0 Å². The predicted molar refractivity (Wildman–Crippen MR) is 133 cm³/mol. The highest BCUT2D eigenvalue weighted by atomic mass is 35.5. The number of morpholine rings is 1. The summed E-state index contributed by atoms with van der Waals surface area (Å²) in [6.07, 6.45) is 0.216. The number of thiophene rings is 1. The van der Waals surface area contributed by atoms with Gasteiger partial charge >= 0.3 is 0 Å². The summed E-state index contributed by atoms with van der Waals surface area (Å²) >= 11 is 12.8. The number of Topliss-reactive ketones (excluding diaryl/α,β-unsaturated/α-hetero) is 1. The smallest absolute Gasteiger partial charge is 0.235 e. The molecule has 0 aliphatic carbocycles. The van der Waals surface area contributed by atoms with E-state index in [-0.39, 0.29) is 24.2 Å². The van der Waals surface area contributed by atoms with Gasteiger partial charge in [-0.3, -0.25) is 9.59 Å². The molecule has 1 N–H and O–H groups in total. The molecule has 9 heteroatoms. The van der Waals surface area contributed by atoms with Crippen LogP contribution in [0, 0.1) is 0 Å². The van der Waals surface area contributed by atoms with Crippen molar-refractivity contribution in [2.24, 2.45) is 0 Å². The Morgan fingerprint density at radius 1 is 1.15 bits per heavy atom. The number of ether oxygens (including phenoxy) is 1. The van der Waals surface area contributed by atoms with Gasteiger partial charge in [-0.05, 0) is 40.1 Å². The molecular formula is C24H22ClN3O3S2. The molecular weight excluding hydrogens is 478 g/mol. The molecule has 2 aliphatic heterocycles. The van der Waals surface area contributed by atoms with Gasteiger partial charge < -0.3 is 15.0 Å². The molecule has 170 valence electrons. The van der Waals surface area contributed by atoms with Crippen molar-refractivity contribution in [3.8, 4) is 11.1 Å². The first-order valence-corrected chi connectivity index (χ1v) is 12.5. The first-order valence-electron chi connectivity index (χ1n) is 10.7. The molecule has 0 spiro atoms. The number of carbonyl (C=O) groups excluding carboxylic acids is 2. The van der Waals surface area contributed by atoms with Gasteiger partial charge in [0, 0.05) is 35.7 Å². The second-order valence-electron chi connectivity index (χ2n) is 8.07. The van der Waals surface area contributed by atoms with Crippen molar-refractivity contribution in [1.29, 1.82) is 0 Å². The van der Waals surface area contributed by atoms with Crippen molar-refractivity contribution in [3.05, 3.63) is 63.3 Å². The third-order valence-electron chi connectivity index (χ3n) is 6.06. The molecule has 0 bridgehead atoms. The number of benzene rings is 1. The Bertz CT molecular complexity index is 1180. The van der Waals surface area contributed by atoms with E-state index < -0.39 is 5.92 Å². The zero-order valence-electron chi connectivity index (χ0n) is 17.7. The van der Waals surface area contributed by atoms with Gasteiger partial charge in [0.1, 0.15) is 16.8 Å². The number of hydrogen-bond donors (Lipinski definition) is 2. The van der Waals surface area contributed by atoms with Crippen LogP contribution in [0.4, 0.5) is 5.82 Å². The van der Waals surface area contributed by atoms with Gasteiger partial charge in [-0.15, -0.1) is 12.6 Å². The van der Waals surface area contributed by atoms with E-state index in [2.05, 4.69) is 27.8 Å². The summed E-state index contributed by atoms with van der Waals surface area (Å²) in [6, 6.07) is 10.9. The van der Waals surface area contributed by atoms with Crippen LogP contribution in [0.2, 0.25) is 5.02 Å². The Kier molecular flexibility index (Phi) is 6.42. The fourth-order valence-corrected chi connectivity index (χ4v) is 5.71. The van der Waals surface area contributed by atoms with E-state index in [1.807, 2.05) is 41.1 Å². The van der Waals surface area contributed by atoms with Crippen molar-refractivity contribution >= 4 is 53.1 Å². The van der Waals surface area contributed by atoms with Crippen LogP contribution in [0.1, 0.15) is 29.5 Å². The molecule has 2 fully saturated rings. The number of aromatic nitrogens is 1. The number of nitrogens with zero attached hydrogens (tertiary/aromatic N) is 2. The zero-order valence-corrected chi connectivity index (χ0v) is 20.1. The van der Waals surface area contributed by atoms with Crippen molar-refractivity contribution < 1.29 is 14.3 Å². The Labute approximate surface area is 206 Å². The summed E-state index contributed by atoms with van der Waals surface area (Å²) in [4.78, 5) is 33.4. The fourth-order valence-electron chi connectivity index (χ4n) is 4.41. The monoisotopic (exact) mass is 499 g/mol. The molecule has 2 atom stereocenters. The molecule has 1 aromatic carbocycles. The summed E-state index contributed by atoms with van der Waals surface area (Å²) in [5.41, 5.74) is 2.87. The van der Waals surface area contributed by atoms with Crippen LogP contribution in [-0.2, 0) is 14.3 Å². The first-order chi connectivity index (χ1) is 16.0. The number of ketones is 1. The topological polar surface area (TPSA) is 71.5 Å². The fraction of sp³-hybridized carbons (Fsp3) is 0.292. The molecule has 1 amide bonds. The second-order valence-corrected chi connectivity index (χ2v) is 9.68. The lowest BCUT2D eigenvalue weighted by atomic mass is 9.82. The van der Waals surface area contributed by atoms with E-state index in [9.17, 15) is 9.59 Å². The standard InChI is InChI=1S/C24H22ClN3O3S2/c25-17-4-2-1-3-15(17)16-11-20(28-6-8-31-9-7-28)27-24(32)21(16)22-19(29)12-18(26-23(22)30)14-5-10-33-13-14/h1-5,10-11,13,18,22H,6-9,12H2,(H,26,30)(H,27,32). The number of amides is 1. The number of carbonyl (C=O) groups is 2. The third-order valence-corrected chi connectivity index (χ3v) is 7.44. The summed E-state index contributed by atoms with van der Waals surface area (Å²) in [7, 11) is 0. The van der Waals surface area contributed by atoms with Gasteiger partial charge in [0.25, 0.3) is 0 Å². The van der Waals surface area contributed by atoms with Crippen molar-refractivity contribution in [1.82, 2.24) is 10.3 Å². The summed E-state index contributed by atoms with van der Waals surface area (Å²) in [5.74, 6) is -0.766. The maximum Gasteiger partial charge on any atom is 0.235 e. The highest BCUT2D eigenvalue weighted by molar-refractivity contribution is 7.80. The van der Waals surface area contributed by atoms with E-state index in [0.29, 0.717) is 47.5 Å². The van der Waals surface area contributed by atoms with Gasteiger partial charge in [0.05, 0.1) is 19.3 Å². The highest BCUT2D eigenvalue weighted by Crippen LogP contribution is 2.41. The van der Waals surface area contributed by atoms with E-state index in [0.717, 1.165) is 16.9 Å². The summed E-state index contributed by atoms with van der Waals surface area (Å²) in [6.45, 7) is 2.62. The van der Waals surface area contributed by atoms with Crippen molar-refractivity contribution in [2.75, 3.05) is 31.2 Å². The number of piperidine rings is 1.